The van der Waals surface area contributed by atoms with E-state index >= 15 is 8.78 Å². The zero-order valence-electron chi connectivity index (χ0n) is 12.1. The first kappa shape index (κ1) is 11.4. The van der Waals surface area contributed by atoms with Crippen molar-refractivity contribution in [3.63, 3.8) is 0 Å². The fraction of sp³-hybridized carbons (Fsp3) is 1.00. The van der Waals surface area contributed by atoms with Crippen molar-refractivity contribution in [1.82, 2.24) is 0 Å². The van der Waals surface area contributed by atoms with Crippen molar-refractivity contribution in [2.45, 2.75) is 69.1 Å². The summed E-state index contributed by atoms with van der Waals surface area (Å²) in [6, 6.07) is 0. The van der Waals surface area contributed by atoms with Crippen LogP contribution < -0.4 is 0 Å². The van der Waals surface area contributed by atoms with Gasteiger partial charge in [0, 0.05) is 0 Å². The smallest absolute Gasteiger partial charge is 0.112 e. The third-order valence-electron chi connectivity index (χ3n) is 8.77. The van der Waals surface area contributed by atoms with Gasteiger partial charge in [0.2, 0.25) is 0 Å². The molecule has 0 nitrogen and oxygen atoms in total. The Bertz CT molecular complexity index is 500. The van der Waals surface area contributed by atoms with E-state index in [1.807, 2.05) is 0 Å². The Kier molecular flexibility index (Phi) is 1.71. The summed E-state index contributed by atoms with van der Waals surface area (Å²) in [4.78, 5) is 0. The monoisotopic (exact) mass is 278 g/mol. The molecular weight excluding hydrogens is 254 g/mol. The lowest BCUT2D eigenvalue weighted by Gasteiger charge is -2.75. The molecule has 0 N–H and O–H groups in total. The van der Waals surface area contributed by atoms with Gasteiger partial charge in [-0.2, -0.15) is 0 Å². The highest BCUT2D eigenvalue weighted by Crippen LogP contribution is 2.78. The molecular formula is C18H24F2. The van der Waals surface area contributed by atoms with Crippen molar-refractivity contribution in [2.75, 3.05) is 0 Å². The lowest BCUT2D eigenvalue weighted by atomic mass is 9.31. The molecule has 0 radical (unpaired) electrons. The first-order chi connectivity index (χ1) is 9.50. The highest BCUT2D eigenvalue weighted by Gasteiger charge is 2.73. The molecule has 0 amide bonds. The maximum absolute atomic E-state index is 15.3. The summed E-state index contributed by atoms with van der Waals surface area (Å²) in [6.07, 6.45) is 8.34. The van der Waals surface area contributed by atoms with Gasteiger partial charge in [0.25, 0.3) is 0 Å². The standard InChI is InChI=1S/C18H24F2/c19-17-2-1-10-3-12-11-4-16(8-17)9-18(20,5-11)7-14(12)15(16)13(10)6-17/h10-15H,1-9H2. The number of hydrogen-bond donors (Lipinski definition) is 0. The second-order valence-corrected chi connectivity index (χ2v) is 9.65. The number of halogens is 2. The van der Waals surface area contributed by atoms with Gasteiger partial charge in [-0.3, -0.25) is 0 Å². The van der Waals surface area contributed by atoms with Crippen LogP contribution in [0.15, 0.2) is 0 Å². The van der Waals surface area contributed by atoms with Crippen molar-refractivity contribution >= 4 is 0 Å². The van der Waals surface area contributed by atoms with Crippen LogP contribution in [0, 0.1) is 40.9 Å². The molecule has 9 unspecified atom stereocenters. The van der Waals surface area contributed by atoms with Gasteiger partial charge in [-0.15, -0.1) is 0 Å². The minimum absolute atomic E-state index is 0.0772. The van der Waals surface area contributed by atoms with Gasteiger partial charge < -0.3 is 0 Å². The summed E-state index contributed by atoms with van der Waals surface area (Å²) >= 11 is 0. The van der Waals surface area contributed by atoms with Crippen LogP contribution in [0.4, 0.5) is 8.78 Å². The summed E-state index contributed by atoms with van der Waals surface area (Å²) in [5, 5.41) is 0. The molecule has 2 heteroatoms. The predicted molar refractivity (Wildman–Crippen MR) is 72.6 cm³/mol. The lowest BCUT2D eigenvalue weighted by molar-refractivity contribution is -0.281. The Labute approximate surface area is 119 Å². The van der Waals surface area contributed by atoms with Crippen LogP contribution in [-0.2, 0) is 0 Å². The van der Waals surface area contributed by atoms with Gasteiger partial charge in [0.15, 0.2) is 0 Å². The van der Waals surface area contributed by atoms with Crippen molar-refractivity contribution in [1.29, 1.82) is 0 Å². The van der Waals surface area contributed by atoms with Crippen LogP contribution in [0.3, 0.4) is 0 Å². The molecule has 7 saturated carbocycles. The minimum Gasteiger partial charge on any atom is -0.244 e. The van der Waals surface area contributed by atoms with Crippen molar-refractivity contribution < 1.29 is 8.78 Å². The normalized spacial score (nSPS) is 72.3. The summed E-state index contributed by atoms with van der Waals surface area (Å²) in [5.74, 6) is 4.16. The van der Waals surface area contributed by atoms with Crippen LogP contribution in [-0.4, -0.2) is 11.3 Å². The van der Waals surface area contributed by atoms with Gasteiger partial charge in [-0.1, -0.05) is 0 Å². The van der Waals surface area contributed by atoms with E-state index in [0.29, 0.717) is 23.7 Å². The SMILES string of the molecule is FC12CCC3CC4C5CC6(F)CC4C(C3C1)C(C5)(C2)C6. The zero-order chi connectivity index (χ0) is 13.3. The fourth-order valence-electron chi connectivity index (χ4n) is 8.92. The molecule has 110 valence electrons. The molecule has 7 aliphatic carbocycles. The molecule has 0 aromatic rings. The molecule has 0 aliphatic heterocycles. The summed E-state index contributed by atoms with van der Waals surface area (Å²) in [7, 11) is 0. The number of hydrogen-bond acceptors (Lipinski definition) is 0. The van der Waals surface area contributed by atoms with E-state index in [1.54, 1.807) is 0 Å². The van der Waals surface area contributed by atoms with E-state index in [4.69, 9.17) is 0 Å². The Morgan fingerprint density at radius 1 is 0.750 bits per heavy atom. The Hall–Kier alpha value is -0.140. The number of fused-ring (bicyclic) bond motifs is 1. The Morgan fingerprint density at radius 3 is 2.45 bits per heavy atom. The summed E-state index contributed by atoms with van der Waals surface area (Å²) in [6.45, 7) is 0. The first-order valence-electron chi connectivity index (χ1n) is 8.87. The molecule has 9 atom stereocenters. The molecule has 0 saturated heterocycles. The largest absolute Gasteiger partial charge is 0.244 e. The van der Waals surface area contributed by atoms with E-state index < -0.39 is 11.3 Å². The molecule has 0 aromatic heterocycles. The second kappa shape index (κ2) is 2.99. The van der Waals surface area contributed by atoms with Crippen molar-refractivity contribution in [3.8, 4) is 0 Å². The zero-order valence-corrected chi connectivity index (χ0v) is 12.1. The fourth-order valence-corrected chi connectivity index (χ4v) is 8.92. The molecule has 1 spiro atoms. The molecule has 20 heavy (non-hydrogen) atoms. The van der Waals surface area contributed by atoms with Crippen molar-refractivity contribution in [2.24, 2.45) is 40.9 Å². The first-order valence-corrected chi connectivity index (χ1v) is 8.87. The third-order valence-corrected chi connectivity index (χ3v) is 8.77. The highest BCUT2D eigenvalue weighted by molar-refractivity contribution is 5.22. The average molecular weight is 278 g/mol. The van der Waals surface area contributed by atoms with Crippen LogP contribution in [0.2, 0.25) is 0 Å². The highest BCUT2D eigenvalue weighted by atomic mass is 19.1. The second-order valence-electron chi connectivity index (χ2n) is 9.65. The van der Waals surface area contributed by atoms with E-state index in [9.17, 15) is 0 Å². The number of alkyl halides is 2. The van der Waals surface area contributed by atoms with E-state index in [-0.39, 0.29) is 5.41 Å². The van der Waals surface area contributed by atoms with Gasteiger partial charge in [-0.05, 0) is 98.7 Å². The van der Waals surface area contributed by atoms with Crippen LogP contribution >= 0.6 is 0 Å². The summed E-state index contributed by atoms with van der Waals surface area (Å²) in [5.41, 5.74) is -1.75. The molecule has 0 heterocycles. The maximum atomic E-state index is 15.3. The van der Waals surface area contributed by atoms with Crippen LogP contribution in [0.5, 0.6) is 0 Å². The molecule has 7 aliphatic rings. The average Bonchev–Trinajstić information content (AvgIpc) is 2.33. The van der Waals surface area contributed by atoms with E-state index in [0.717, 1.165) is 56.8 Å². The maximum Gasteiger partial charge on any atom is 0.112 e. The van der Waals surface area contributed by atoms with E-state index in [1.165, 1.54) is 12.8 Å². The van der Waals surface area contributed by atoms with Gasteiger partial charge >= 0.3 is 0 Å². The molecule has 7 rings (SSSR count). The van der Waals surface area contributed by atoms with E-state index in [2.05, 4.69) is 0 Å². The lowest BCUT2D eigenvalue weighted by Crippen LogP contribution is -2.70. The van der Waals surface area contributed by atoms with Gasteiger partial charge in [-0.25, -0.2) is 8.78 Å². The topological polar surface area (TPSA) is 0 Å². The molecule has 8 bridgehead atoms. The quantitative estimate of drug-likeness (QED) is 0.603. The number of rotatable bonds is 0. The Morgan fingerprint density at radius 2 is 1.55 bits per heavy atom. The predicted octanol–water partition coefficient (Wildman–Crippen LogP) is 4.68. The van der Waals surface area contributed by atoms with Gasteiger partial charge in [0.1, 0.15) is 11.3 Å². The van der Waals surface area contributed by atoms with Crippen molar-refractivity contribution in [3.05, 3.63) is 0 Å². The summed E-state index contributed by atoms with van der Waals surface area (Å²) < 4.78 is 30.5. The molecule has 7 fully saturated rings. The third kappa shape index (κ3) is 1.10. The van der Waals surface area contributed by atoms with Crippen LogP contribution in [0.1, 0.15) is 57.8 Å². The van der Waals surface area contributed by atoms with Crippen LogP contribution in [0.25, 0.3) is 0 Å². The minimum atomic E-state index is -0.924. The Balaban J connectivity index is 1.57. The molecule has 0 aromatic carbocycles. The van der Waals surface area contributed by atoms with Gasteiger partial charge in [0.05, 0.1) is 0 Å².